The Morgan fingerprint density at radius 3 is 2.29 bits per heavy atom. The van der Waals surface area contributed by atoms with Crippen molar-refractivity contribution in [3.05, 3.63) is 5.82 Å². The fourth-order valence-corrected chi connectivity index (χ4v) is 7.66. The molecule has 4 saturated carbocycles. The van der Waals surface area contributed by atoms with E-state index in [1.807, 2.05) is 6.92 Å². The van der Waals surface area contributed by atoms with Crippen LogP contribution in [0, 0.1) is 17.8 Å². The highest BCUT2D eigenvalue weighted by molar-refractivity contribution is 8.00. The first kappa shape index (κ1) is 23.1. The molecule has 2 atom stereocenters. The highest BCUT2D eigenvalue weighted by Gasteiger charge is 2.51. The van der Waals surface area contributed by atoms with Crippen LogP contribution >= 0.6 is 11.8 Å². The molecule has 1 aromatic heterocycles. The van der Waals surface area contributed by atoms with Crippen molar-refractivity contribution in [3.8, 4) is 0 Å². The van der Waals surface area contributed by atoms with Crippen LogP contribution < -0.4 is 5.32 Å². The summed E-state index contributed by atoms with van der Waals surface area (Å²) < 4.78 is 2.26. The van der Waals surface area contributed by atoms with E-state index >= 15 is 0 Å². The Labute approximate surface area is 192 Å². The van der Waals surface area contributed by atoms with Gasteiger partial charge in [0.1, 0.15) is 0 Å². The summed E-state index contributed by atoms with van der Waals surface area (Å²) in [5, 5.41) is 13.4. The van der Waals surface area contributed by atoms with Crippen LogP contribution in [-0.4, -0.2) is 50.5 Å². The van der Waals surface area contributed by atoms with E-state index < -0.39 is 0 Å². The van der Waals surface area contributed by atoms with Gasteiger partial charge in [-0.3, -0.25) is 9.69 Å². The minimum absolute atomic E-state index is 0.0694. The third-order valence-corrected chi connectivity index (χ3v) is 8.95. The van der Waals surface area contributed by atoms with Crippen molar-refractivity contribution in [2.45, 2.75) is 107 Å². The van der Waals surface area contributed by atoms with Crippen LogP contribution in [0.3, 0.4) is 0 Å². The standard InChI is InChI=1S/C24H41N5OS/c1-6-8-9-29-21(20(7-2)28(4)5)26-27-23(29)31-16(3)22(30)25-24-13-17-10-18(14-24)12-19(11-17)15-24/h16-20H,6-15H2,1-5H3,(H,25,30). The number of hydrogen-bond acceptors (Lipinski definition) is 5. The average molecular weight is 448 g/mol. The van der Waals surface area contributed by atoms with Crippen molar-refractivity contribution < 1.29 is 4.79 Å². The quantitative estimate of drug-likeness (QED) is 0.529. The summed E-state index contributed by atoms with van der Waals surface area (Å²) in [7, 11) is 4.20. The number of unbranched alkanes of at least 4 members (excludes halogenated alkanes) is 1. The van der Waals surface area contributed by atoms with Crippen molar-refractivity contribution in [3.63, 3.8) is 0 Å². The Hall–Kier alpha value is -1.08. The van der Waals surface area contributed by atoms with Crippen molar-refractivity contribution >= 4 is 17.7 Å². The second kappa shape index (κ2) is 9.42. The molecule has 4 aliphatic rings. The summed E-state index contributed by atoms with van der Waals surface area (Å²) >= 11 is 1.58. The molecule has 31 heavy (non-hydrogen) atoms. The normalized spacial score (nSPS) is 31.2. The van der Waals surface area contributed by atoms with Gasteiger partial charge in [-0.15, -0.1) is 10.2 Å². The van der Waals surface area contributed by atoms with Gasteiger partial charge in [-0.1, -0.05) is 32.0 Å². The molecule has 174 valence electrons. The number of aromatic nitrogens is 3. The van der Waals surface area contributed by atoms with Crippen molar-refractivity contribution in [2.24, 2.45) is 17.8 Å². The zero-order valence-corrected chi connectivity index (χ0v) is 20.9. The van der Waals surface area contributed by atoms with Crippen LogP contribution in [0.25, 0.3) is 0 Å². The lowest BCUT2D eigenvalue weighted by atomic mass is 9.53. The smallest absolute Gasteiger partial charge is 0.233 e. The Kier molecular flexibility index (Phi) is 7.02. The van der Waals surface area contributed by atoms with Crippen LogP contribution in [0.5, 0.6) is 0 Å². The first-order valence-electron chi connectivity index (χ1n) is 12.4. The van der Waals surface area contributed by atoms with Gasteiger partial charge in [0.05, 0.1) is 11.3 Å². The molecule has 0 aromatic carbocycles. The van der Waals surface area contributed by atoms with Crippen LogP contribution in [0.15, 0.2) is 5.16 Å². The van der Waals surface area contributed by atoms with Crippen molar-refractivity contribution in [2.75, 3.05) is 14.1 Å². The summed E-state index contributed by atoms with van der Waals surface area (Å²) in [4.78, 5) is 15.5. The molecular formula is C24H41N5OS. The average Bonchev–Trinajstić information content (AvgIpc) is 3.07. The third kappa shape index (κ3) is 4.82. The zero-order valence-electron chi connectivity index (χ0n) is 20.1. The molecule has 0 spiro atoms. The number of nitrogens with one attached hydrogen (secondary N) is 1. The molecule has 4 aliphatic carbocycles. The summed E-state index contributed by atoms with van der Waals surface area (Å²) in [5.74, 6) is 3.72. The lowest BCUT2D eigenvalue weighted by Gasteiger charge is -2.57. The number of hydrogen-bond donors (Lipinski definition) is 1. The number of nitrogens with zero attached hydrogens (tertiary/aromatic N) is 4. The summed E-state index contributed by atoms with van der Waals surface area (Å²) in [6.07, 6.45) is 11.0. The van der Waals surface area contributed by atoms with E-state index in [2.05, 4.69) is 52.9 Å². The van der Waals surface area contributed by atoms with Crippen LogP contribution in [0.1, 0.15) is 90.4 Å². The molecule has 7 heteroatoms. The van der Waals surface area contributed by atoms with Gasteiger partial charge in [0.2, 0.25) is 5.91 Å². The van der Waals surface area contributed by atoms with E-state index in [1.54, 1.807) is 11.8 Å². The highest BCUT2D eigenvalue weighted by Crippen LogP contribution is 2.55. The Balaban J connectivity index is 1.45. The van der Waals surface area contributed by atoms with Gasteiger partial charge in [0.15, 0.2) is 11.0 Å². The number of carbonyl (C=O) groups is 1. The largest absolute Gasteiger partial charge is 0.350 e. The Morgan fingerprint density at radius 1 is 1.16 bits per heavy atom. The van der Waals surface area contributed by atoms with Gasteiger partial charge in [-0.25, -0.2) is 0 Å². The van der Waals surface area contributed by atoms with E-state index in [0.29, 0.717) is 0 Å². The molecule has 1 aromatic rings. The van der Waals surface area contributed by atoms with Gasteiger partial charge >= 0.3 is 0 Å². The lowest BCUT2D eigenvalue weighted by Crippen LogP contribution is -2.60. The summed E-state index contributed by atoms with van der Waals surface area (Å²) in [6.45, 7) is 7.34. The van der Waals surface area contributed by atoms with Crippen LogP contribution in [0.2, 0.25) is 0 Å². The molecule has 1 N–H and O–H groups in total. The van der Waals surface area contributed by atoms with E-state index in [0.717, 1.165) is 54.5 Å². The number of thioether (sulfide) groups is 1. The first-order valence-corrected chi connectivity index (χ1v) is 13.3. The highest BCUT2D eigenvalue weighted by atomic mass is 32.2. The maximum atomic E-state index is 13.3. The molecular weight excluding hydrogens is 406 g/mol. The topological polar surface area (TPSA) is 63.1 Å². The van der Waals surface area contributed by atoms with E-state index in [9.17, 15) is 4.79 Å². The zero-order chi connectivity index (χ0) is 22.2. The number of amides is 1. The molecule has 0 radical (unpaired) electrons. The maximum absolute atomic E-state index is 13.3. The first-order chi connectivity index (χ1) is 14.8. The molecule has 6 nitrogen and oxygen atoms in total. The van der Waals surface area contributed by atoms with Gasteiger partial charge in [-0.2, -0.15) is 0 Å². The Morgan fingerprint density at radius 2 is 1.77 bits per heavy atom. The second-order valence-corrected chi connectivity index (χ2v) is 12.0. The minimum Gasteiger partial charge on any atom is -0.350 e. The van der Waals surface area contributed by atoms with Gasteiger partial charge < -0.3 is 9.88 Å². The third-order valence-electron chi connectivity index (χ3n) is 7.87. The number of carbonyl (C=O) groups excluding carboxylic acids is 1. The van der Waals surface area contributed by atoms with Crippen LogP contribution in [-0.2, 0) is 11.3 Å². The molecule has 0 aliphatic heterocycles. The van der Waals surface area contributed by atoms with Gasteiger partial charge in [0.25, 0.3) is 0 Å². The SMILES string of the molecule is CCCCn1c(SC(C)C(=O)NC23CC4CC(CC(C4)C2)C3)nnc1C(CC)N(C)C. The van der Waals surface area contributed by atoms with Gasteiger partial charge in [0, 0.05) is 12.1 Å². The predicted octanol–water partition coefficient (Wildman–Crippen LogP) is 4.66. The molecule has 0 saturated heterocycles. The monoisotopic (exact) mass is 447 g/mol. The minimum atomic E-state index is -0.162. The fourth-order valence-electron chi connectivity index (χ4n) is 6.78. The Bertz CT molecular complexity index is 741. The van der Waals surface area contributed by atoms with Crippen molar-refractivity contribution in [1.82, 2.24) is 25.0 Å². The maximum Gasteiger partial charge on any atom is 0.233 e. The second-order valence-electron chi connectivity index (χ2n) is 10.7. The molecule has 4 fully saturated rings. The molecule has 5 rings (SSSR count). The molecule has 4 bridgehead atoms. The predicted molar refractivity (Wildman–Crippen MR) is 126 cm³/mol. The van der Waals surface area contributed by atoms with Crippen molar-refractivity contribution in [1.29, 1.82) is 0 Å². The molecule has 2 unspecified atom stereocenters. The van der Waals surface area contributed by atoms with Gasteiger partial charge in [-0.05, 0) is 90.1 Å². The summed E-state index contributed by atoms with van der Waals surface area (Å²) in [5.41, 5.74) is 0.0694. The summed E-state index contributed by atoms with van der Waals surface area (Å²) in [6, 6.07) is 0.245. The fraction of sp³-hybridized carbons (Fsp3) is 0.875. The van der Waals surface area contributed by atoms with E-state index in [1.165, 1.54) is 38.5 Å². The number of rotatable bonds is 10. The van der Waals surface area contributed by atoms with E-state index in [4.69, 9.17) is 0 Å². The van der Waals surface area contributed by atoms with Crippen LogP contribution in [0.4, 0.5) is 0 Å². The molecule has 1 amide bonds. The molecule has 1 heterocycles. The lowest BCUT2D eigenvalue weighted by molar-refractivity contribution is -0.126. The van der Waals surface area contributed by atoms with E-state index in [-0.39, 0.29) is 22.7 Å².